The van der Waals surface area contributed by atoms with Gasteiger partial charge in [0.1, 0.15) is 5.52 Å². The Morgan fingerprint density at radius 1 is 0.947 bits per heavy atom. The van der Waals surface area contributed by atoms with E-state index in [9.17, 15) is 21.6 Å². The summed E-state index contributed by atoms with van der Waals surface area (Å²) < 4.78 is 53.0. The van der Waals surface area contributed by atoms with Crippen LogP contribution in [0, 0.1) is 0 Å². The lowest BCUT2D eigenvalue weighted by molar-refractivity contribution is 0.0985. The highest BCUT2D eigenvalue weighted by molar-refractivity contribution is 7.91. The Hall–Kier alpha value is -2.09. The maximum atomic E-state index is 13.6. The summed E-state index contributed by atoms with van der Waals surface area (Å²) in [5.74, 6) is -0.333. The maximum Gasteiger partial charge on any atom is 0.260 e. The number of carbonyl (C=O) groups is 1. The van der Waals surface area contributed by atoms with Gasteiger partial charge in [0.15, 0.2) is 15.0 Å². The third-order valence-corrected chi connectivity index (χ3v) is 10.4. The van der Waals surface area contributed by atoms with Crippen LogP contribution in [0.1, 0.15) is 36.0 Å². The van der Waals surface area contributed by atoms with E-state index in [0.29, 0.717) is 47.1 Å². The van der Waals surface area contributed by atoms with E-state index in [1.165, 1.54) is 50.9 Å². The van der Waals surface area contributed by atoms with Gasteiger partial charge < -0.3 is 4.90 Å². The predicted octanol–water partition coefficient (Wildman–Crippen LogP) is 3.89. The van der Waals surface area contributed by atoms with E-state index in [4.69, 9.17) is 0 Å². The third kappa shape index (κ3) is 6.72. The lowest BCUT2D eigenvalue weighted by atomic mass is 10.2. The molecule has 1 aliphatic rings. The fourth-order valence-corrected chi connectivity index (χ4v) is 7.70. The SMILES string of the molecule is CN(C)CCN(C(=O)c1ccc(S(=O)(=O)N2CCCCCC2)cc1)c1nc2c(S(C)(=O)=O)cccc2s1.Cl. The minimum absolute atomic E-state index is 0. The first-order chi connectivity index (χ1) is 17.5. The van der Waals surface area contributed by atoms with E-state index in [-0.39, 0.29) is 28.1 Å². The molecule has 0 aliphatic carbocycles. The molecule has 1 fully saturated rings. The number of fused-ring (bicyclic) bond motifs is 1. The number of hydrogen-bond acceptors (Lipinski definition) is 8. The molecular formula is C25H33ClN4O5S3. The van der Waals surface area contributed by atoms with Crippen LogP contribution in [0.3, 0.4) is 0 Å². The van der Waals surface area contributed by atoms with Crippen LogP contribution >= 0.6 is 23.7 Å². The first kappa shape index (κ1) is 30.5. The first-order valence-corrected chi connectivity index (χ1v) is 16.3. The molecule has 0 spiro atoms. The van der Waals surface area contributed by atoms with Gasteiger partial charge in [0.2, 0.25) is 10.0 Å². The maximum absolute atomic E-state index is 13.6. The summed E-state index contributed by atoms with van der Waals surface area (Å²) in [5.41, 5.74) is 0.669. The Labute approximate surface area is 234 Å². The molecule has 2 heterocycles. The number of likely N-dealkylation sites (N-methyl/N-ethyl adjacent to an activating group) is 1. The molecule has 1 amide bonds. The quantitative estimate of drug-likeness (QED) is 0.386. The standard InChI is InChI=1S/C25H32N4O5S3.ClH/c1-27(2)17-18-29(25-26-23-21(35-25)9-8-10-22(23)36(3,31)32)24(30)19-11-13-20(14-12-19)37(33,34)28-15-6-4-5-7-16-28;/h8-14H,4-7,15-18H2,1-3H3;1H. The van der Waals surface area contributed by atoms with Gasteiger partial charge in [-0.15, -0.1) is 12.4 Å². The molecule has 0 atom stereocenters. The summed E-state index contributed by atoms with van der Waals surface area (Å²) in [6.45, 7) is 1.90. The van der Waals surface area contributed by atoms with E-state index in [1.807, 2.05) is 19.0 Å². The average molecular weight is 601 g/mol. The zero-order chi connectivity index (χ0) is 26.8. The number of sulfone groups is 1. The third-order valence-electron chi connectivity index (χ3n) is 6.32. The van der Waals surface area contributed by atoms with Crippen molar-refractivity contribution in [3.8, 4) is 0 Å². The molecule has 4 rings (SSSR count). The second-order valence-corrected chi connectivity index (χ2v) is 14.4. The van der Waals surface area contributed by atoms with E-state index in [2.05, 4.69) is 4.98 Å². The lowest BCUT2D eigenvalue weighted by Gasteiger charge is -2.22. The number of halogens is 1. The molecule has 2 aromatic carbocycles. The number of sulfonamides is 1. The first-order valence-electron chi connectivity index (χ1n) is 12.1. The molecule has 208 valence electrons. The van der Waals surface area contributed by atoms with Crippen molar-refractivity contribution < 1.29 is 21.6 Å². The average Bonchev–Trinajstić information content (AvgIpc) is 3.07. The molecule has 1 saturated heterocycles. The van der Waals surface area contributed by atoms with Gasteiger partial charge in [-0.1, -0.05) is 30.2 Å². The molecule has 3 aromatic rings. The van der Waals surface area contributed by atoms with Gasteiger partial charge >= 0.3 is 0 Å². The molecular weight excluding hydrogens is 568 g/mol. The monoisotopic (exact) mass is 600 g/mol. The molecule has 1 aromatic heterocycles. The largest absolute Gasteiger partial charge is 0.308 e. The minimum Gasteiger partial charge on any atom is -0.308 e. The Kier molecular flexibility index (Phi) is 9.93. The van der Waals surface area contributed by atoms with Crippen LogP contribution in [0.15, 0.2) is 52.3 Å². The molecule has 0 unspecified atom stereocenters. The summed E-state index contributed by atoms with van der Waals surface area (Å²) >= 11 is 1.25. The van der Waals surface area contributed by atoms with Crippen LogP contribution in [-0.4, -0.2) is 83.5 Å². The van der Waals surface area contributed by atoms with Gasteiger partial charge in [0, 0.05) is 38.0 Å². The van der Waals surface area contributed by atoms with Crippen molar-refractivity contribution in [3.05, 3.63) is 48.0 Å². The van der Waals surface area contributed by atoms with Gasteiger partial charge in [-0.2, -0.15) is 4.31 Å². The molecule has 0 N–H and O–H groups in total. The lowest BCUT2D eigenvalue weighted by Crippen LogP contribution is -2.36. The highest BCUT2D eigenvalue weighted by Crippen LogP contribution is 2.33. The number of amides is 1. The predicted molar refractivity (Wildman–Crippen MR) is 154 cm³/mol. The summed E-state index contributed by atoms with van der Waals surface area (Å²) in [4.78, 5) is 21.9. The Bertz CT molecular complexity index is 1480. The molecule has 0 saturated carbocycles. The van der Waals surface area contributed by atoms with Crippen molar-refractivity contribution in [3.63, 3.8) is 0 Å². The smallest absolute Gasteiger partial charge is 0.260 e. The van der Waals surface area contributed by atoms with Crippen molar-refractivity contribution in [2.45, 2.75) is 35.5 Å². The number of rotatable bonds is 8. The van der Waals surface area contributed by atoms with Crippen LogP contribution in [-0.2, 0) is 19.9 Å². The number of nitrogens with zero attached hydrogens (tertiary/aromatic N) is 4. The van der Waals surface area contributed by atoms with Gasteiger partial charge in [-0.3, -0.25) is 9.69 Å². The van der Waals surface area contributed by atoms with Crippen LogP contribution < -0.4 is 4.90 Å². The number of anilines is 1. The van der Waals surface area contributed by atoms with Gasteiger partial charge in [0.25, 0.3) is 5.91 Å². The highest BCUT2D eigenvalue weighted by atomic mass is 35.5. The number of benzene rings is 2. The molecule has 0 bridgehead atoms. The highest BCUT2D eigenvalue weighted by Gasteiger charge is 2.27. The fourth-order valence-electron chi connectivity index (χ4n) is 4.27. The molecule has 1 aliphatic heterocycles. The van der Waals surface area contributed by atoms with E-state index in [1.54, 1.807) is 12.1 Å². The van der Waals surface area contributed by atoms with Crippen molar-refractivity contribution in [2.75, 3.05) is 51.4 Å². The second kappa shape index (κ2) is 12.4. The van der Waals surface area contributed by atoms with E-state index < -0.39 is 19.9 Å². The Morgan fingerprint density at radius 2 is 1.58 bits per heavy atom. The van der Waals surface area contributed by atoms with Crippen LogP contribution in [0.4, 0.5) is 5.13 Å². The van der Waals surface area contributed by atoms with Crippen molar-refractivity contribution in [1.82, 2.24) is 14.2 Å². The van der Waals surface area contributed by atoms with Gasteiger partial charge in [-0.05, 0) is 63.3 Å². The summed E-state index contributed by atoms with van der Waals surface area (Å²) in [5, 5.41) is 0.388. The number of aromatic nitrogens is 1. The van der Waals surface area contributed by atoms with Crippen LogP contribution in [0.25, 0.3) is 10.2 Å². The van der Waals surface area contributed by atoms with Crippen LogP contribution in [0.2, 0.25) is 0 Å². The van der Waals surface area contributed by atoms with Crippen molar-refractivity contribution >= 4 is 64.9 Å². The van der Waals surface area contributed by atoms with E-state index >= 15 is 0 Å². The summed E-state index contributed by atoms with van der Waals surface area (Å²) in [7, 11) is -3.33. The van der Waals surface area contributed by atoms with Crippen LogP contribution in [0.5, 0.6) is 0 Å². The summed E-state index contributed by atoms with van der Waals surface area (Å²) in [6, 6.07) is 11.0. The van der Waals surface area contributed by atoms with E-state index in [0.717, 1.165) is 31.9 Å². The second-order valence-electron chi connectivity index (χ2n) is 9.47. The molecule has 13 heteroatoms. The fraction of sp³-hybridized carbons (Fsp3) is 0.440. The zero-order valence-corrected chi connectivity index (χ0v) is 24.9. The number of para-hydroxylation sites is 1. The Balaban J connectivity index is 0.00000400. The molecule has 0 radical (unpaired) electrons. The number of hydrogen-bond donors (Lipinski definition) is 0. The topological polar surface area (TPSA) is 108 Å². The van der Waals surface area contributed by atoms with Crippen molar-refractivity contribution in [1.29, 1.82) is 0 Å². The van der Waals surface area contributed by atoms with Gasteiger partial charge in [-0.25, -0.2) is 21.8 Å². The summed E-state index contributed by atoms with van der Waals surface area (Å²) in [6.07, 6.45) is 4.88. The number of thiazole rings is 1. The normalized spacial score (nSPS) is 15.3. The Morgan fingerprint density at radius 3 is 2.16 bits per heavy atom. The molecule has 38 heavy (non-hydrogen) atoms. The van der Waals surface area contributed by atoms with Gasteiger partial charge in [0.05, 0.1) is 14.5 Å². The minimum atomic E-state index is -3.62. The van der Waals surface area contributed by atoms with Crippen molar-refractivity contribution in [2.24, 2.45) is 0 Å². The number of carbonyl (C=O) groups excluding carboxylic acids is 1. The zero-order valence-electron chi connectivity index (χ0n) is 21.7. The molecule has 9 nitrogen and oxygen atoms in total.